The summed E-state index contributed by atoms with van der Waals surface area (Å²) in [6, 6.07) is 5.75. The van der Waals surface area contributed by atoms with Crippen molar-refractivity contribution in [2.75, 3.05) is 11.1 Å². The number of amides is 2. The fourth-order valence-corrected chi connectivity index (χ4v) is 5.03. The van der Waals surface area contributed by atoms with Crippen LogP contribution in [0.1, 0.15) is 45.4 Å². The van der Waals surface area contributed by atoms with E-state index in [2.05, 4.69) is 5.32 Å². The number of anilines is 1. The van der Waals surface area contributed by atoms with E-state index in [-0.39, 0.29) is 10.8 Å². The normalized spacial score (nSPS) is 15.6. The molecule has 25 heavy (non-hydrogen) atoms. The molecule has 0 unspecified atom stereocenters. The molecule has 0 aromatic heterocycles. The van der Waals surface area contributed by atoms with Crippen LogP contribution in [-0.2, 0) is 19.6 Å². The highest BCUT2D eigenvalue weighted by Gasteiger charge is 2.16. The zero-order valence-electron chi connectivity index (χ0n) is 14.3. The minimum absolute atomic E-state index is 0.0199. The average molecular weight is 385 g/mol. The molecule has 8 heteroatoms. The van der Waals surface area contributed by atoms with Crippen molar-refractivity contribution >= 4 is 39.3 Å². The molecule has 1 aliphatic rings. The molecule has 1 aromatic rings. The SMILES string of the molecule is CC(=O)NS(=O)(=O)c1ccc(NC(=O)CCSC2CCCCC2)cc1. The summed E-state index contributed by atoms with van der Waals surface area (Å²) in [4.78, 5) is 22.9. The lowest BCUT2D eigenvalue weighted by molar-refractivity contribution is -0.117. The second-order valence-corrected chi connectivity index (χ2v) is 9.21. The Kier molecular flexibility index (Phi) is 7.31. The molecule has 138 valence electrons. The van der Waals surface area contributed by atoms with Gasteiger partial charge in [-0.05, 0) is 37.1 Å². The topological polar surface area (TPSA) is 92.3 Å². The third-order valence-corrected chi connectivity index (χ3v) is 6.79. The van der Waals surface area contributed by atoms with Gasteiger partial charge in [0, 0.05) is 30.0 Å². The fourth-order valence-electron chi connectivity index (χ4n) is 2.74. The van der Waals surface area contributed by atoms with Gasteiger partial charge in [0.25, 0.3) is 10.0 Å². The number of benzene rings is 1. The van der Waals surface area contributed by atoms with Gasteiger partial charge in [0.15, 0.2) is 0 Å². The van der Waals surface area contributed by atoms with Gasteiger partial charge in [0.05, 0.1) is 4.90 Å². The van der Waals surface area contributed by atoms with Crippen molar-refractivity contribution in [1.29, 1.82) is 0 Å². The Labute approximate surface area is 153 Å². The summed E-state index contributed by atoms with van der Waals surface area (Å²) in [5.41, 5.74) is 0.537. The molecule has 0 saturated heterocycles. The standard InChI is InChI=1S/C17H24N2O4S2/c1-13(20)19-25(22,23)16-9-7-14(8-10-16)18-17(21)11-12-24-15-5-3-2-4-6-15/h7-10,15H,2-6,11-12H2,1H3,(H,18,21)(H,19,20). The first-order valence-electron chi connectivity index (χ1n) is 8.42. The van der Waals surface area contributed by atoms with E-state index in [1.54, 1.807) is 0 Å². The van der Waals surface area contributed by atoms with Gasteiger partial charge in [-0.1, -0.05) is 19.3 Å². The number of thioether (sulfide) groups is 1. The molecule has 2 amide bonds. The van der Waals surface area contributed by atoms with Gasteiger partial charge in [-0.15, -0.1) is 0 Å². The summed E-state index contributed by atoms with van der Waals surface area (Å²) in [7, 11) is -3.85. The number of hydrogen-bond acceptors (Lipinski definition) is 5. The smallest absolute Gasteiger partial charge is 0.264 e. The van der Waals surface area contributed by atoms with Crippen molar-refractivity contribution in [2.45, 2.75) is 55.6 Å². The van der Waals surface area contributed by atoms with E-state index in [1.165, 1.54) is 56.4 Å². The number of rotatable bonds is 7. The highest BCUT2D eigenvalue weighted by Crippen LogP contribution is 2.28. The Morgan fingerprint density at radius 3 is 2.36 bits per heavy atom. The van der Waals surface area contributed by atoms with Crippen LogP contribution in [0.15, 0.2) is 29.2 Å². The monoisotopic (exact) mass is 384 g/mol. The highest BCUT2D eigenvalue weighted by molar-refractivity contribution is 7.99. The lowest BCUT2D eigenvalue weighted by Gasteiger charge is -2.20. The summed E-state index contributed by atoms with van der Waals surface area (Å²) in [6.07, 6.45) is 6.83. The first-order chi connectivity index (χ1) is 11.9. The molecule has 2 N–H and O–H groups in total. The molecule has 1 aromatic carbocycles. The average Bonchev–Trinajstić information content (AvgIpc) is 2.55. The van der Waals surface area contributed by atoms with Crippen molar-refractivity contribution in [3.63, 3.8) is 0 Å². The Bertz CT molecular complexity index is 696. The second kappa shape index (κ2) is 9.24. The number of carbonyl (C=O) groups is 2. The van der Waals surface area contributed by atoms with Gasteiger partial charge in [-0.25, -0.2) is 13.1 Å². The van der Waals surface area contributed by atoms with E-state index in [9.17, 15) is 18.0 Å². The van der Waals surface area contributed by atoms with Crippen molar-refractivity contribution in [2.24, 2.45) is 0 Å². The molecule has 2 rings (SSSR count). The molecule has 0 aliphatic heterocycles. The molecule has 0 bridgehead atoms. The van der Waals surface area contributed by atoms with Crippen LogP contribution in [0.5, 0.6) is 0 Å². The molecule has 1 fully saturated rings. The van der Waals surface area contributed by atoms with Gasteiger partial charge in [-0.2, -0.15) is 11.8 Å². The maximum Gasteiger partial charge on any atom is 0.264 e. The minimum atomic E-state index is -3.85. The predicted octanol–water partition coefficient (Wildman–Crippen LogP) is 2.91. The molecule has 0 atom stereocenters. The van der Waals surface area contributed by atoms with Crippen LogP contribution in [0.2, 0.25) is 0 Å². The summed E-state index contributed by atoms with van der Waals surface area (Å²) in [6.45, 7) is 1.14. The van der Waals surface area contributed by atoms with Crippen LogP contribution in [0, 0.1) is 0 Å². The van der Waals surface area contributed by atoms with Crippen LogP contribution in [0.3, 0.4) is 0 Å². The lowest BCUT2D eigenvalue weighted by atomic mass is 10.0. The van der Waals surface area contributed by atoms with Gasteiger partial charge in [-0.3, -0.25) is 9.59 Å². The van der Waals surface area contributed by atoms with Crippen molar-refractivity contribution < 1.29 is 18.0 Å². The Balaban J connectivity index is 1.80. The van der Waals surface area contributed by atoms with E-state index in [0.29, 0.717) is 17.4 Å². The minimum Gasteiger partial charge on any atom is -0.326 e. The molecule has 0 spiro atoms. The van der Waals surface area contributed by atoms with Crippen molar-refractivity contribution in [1.82, 2.24) is 4.72 Å². The van der Waals surface area contributed by atoms with Gasteiger partial charge in [0.1, 0.15) is 0 Å². The zero-order valence-corrected chi connectivity index (χ0v) is 15.9. The molecular formula is C17H24N2O4S2. The van der Waals surface area contributed by atoms with E-state index >= 15 is 0 Å². The zero-order chi connectivity index (χ0) is 18.3. The molecule has 6 nitrogen and oxygen atoms in total. The summed E-state index contributed by atoms with van der Waals surface area (Å²) in [5, 5.41) is 3.45. The molecule has 1 aliphatic carbocycles. The Hall–Kier alpha value is -1.54. The fraction of sp³-hybridized carbons (Fsp3) is 0.529. The first kappa shape index (κ1) is 19.8. The van der Waals surface area contributed by atoms with E-state index in [4.69, 9.17) is 0 Å². The van der Waals surface area contributed by atoms with Crippen LogP contribution in [0.4, 0.5) is 5.69 Å². The van der Waals surface area contributed by atoms with Gasteiger partial charge >= 0.3 is 0 Å². The van der Waals surface area contributed by atoms with Crippen LogP contribution in [0.25, 0.3) is 0 Å². The van der Waals surface area contributed by atoms with Crippen molar-refractivity contribution in [3.8, 4) is 0 Å². The highest BCUT2D eigenvalue weighted by atomic mass is 32.2. The van der Waals surface area contributed by atoms with Crippen LogP contribution < -0.4 is 10.0 Å². The largest absolute Gasteiger partial charge is 0.326 e. The quantitative estimate of drug-likeness (QED) is 0.754. The summed E-state index contributed by atoms with van der Waals surface area (Å²) < 4.78 is 25.6. The lowest BCUT2D eigenvalue weighted by Crippen LogP contribution is -2.28. The van der Waals surface area contributed by atoms with Gasteiger partial charge in [0.2, 0.25) is 11.8 Å². The Morgan fingerprint density at radius 2 is 1.76 bits per heavy atom. The number of sulfonamides is 1. The van der Waals surface area contributed by atoms with E-state index in [0.717, 1.165) is 12.7 Å². The number of carbonyl (C=O) groups excluding carboxylic acids is 2. The summed E-state index contributed by atoms with van der Waals surface area (Å²) in [5.74, 6) is 0.0690. The molecule has 0 radical (unpaired) electrons. The predicted molar refractivity (Wildman–Crippen MR) is 100 cm³/mol. The van der Waals surface area contributed by atoms with Crippen LogP contribution in [-0.4, -0.2) is 31.2 Å². The van der Waals surface area contributed by atoms with E-state index in [1.807, 2.05) is 16.5 Å². The Morgan fingerprint density at radius 1 is 1.12 bits per heavy atom. The summed E-state index contributed by atoms with van der Waals surface area (Å²) >= 11 is 1.87. The maximum absolute atomic E-state index is 12.0. The third-order valence-electron chi connectivity index (χ3n) is 3.96. The van der Waals surface area contributed by atoms with Crippen molar-refractivity contribution in [3.05, 3.63) is 24.3 Å². The molecular weight excluding hydrogens is 360 g/mol. The van der Waals surface area contributed by atoms with Gasteiger partial charge < -0.3 is 5.32 Å². The second-order valence-electron chi connectivity index (χ2n) is 6.12. The maximum atomic E-state index is 12.0. The van der Waals surface area contributed by atoms with Crippen LogP contribution >= 0.6 is 11.8 Å². The number of nitrogens with one attached hydrogen (secondary N) is 2. The molecule has 0 heterocycles. The molecule has 1 saturated carbocycles. The first-order valence-corrected chi connectivity index (χ1v) is 10.9. The third kappa shape index (κ3) is 6.70. The number of hydrogen-bond donors (Lipinski definition) is 2. The van der Waals surface area contributed by atoms with E-state index < -0.39 is 15.9 Å².